The average molecular weight is 482 g/mol. The van der Waals surface area contributed by atoms with E-state index >= 15 is 0 Å². The van der Waals surface area contributed by atoms with Crippen molar-refractivity contribution in [2.45, 2.75) is 89.5 Å². The molecule has 1 nitrogen and oxygen atoms in total. The van der Waals surface area contributed by atoms with Gasteiger partial charge >= 0.3 is 0 Å². The first kappa shape index (κ1) is 33.1. The Morgan fingerprint density at radius 2 is 1.26 bits per heavy atom. The van der Waals surface area contributed by atoms with E-state index in [0.29, 0.717) is 21.7 Å². The topological polar surface area (TPSA) is 12.4 Å². The molecule has 0 aromatic heterocycles. The van der Waals surface area contributed by atoms with E-state index in [0.717, 1.165) is 6.42 Å². The van der Waals surface area contributed by atoms with E-state index in [1.165, 1.54) is 24.2 Å². The van der Waals surface area contributed by atoms with Crippen LogP contribution in [0.1, 0.15) is 89.5 Å². The van der Waals surface area contributed by atoms with Gasteiger partial charge in [-0.2, -0.15) is 0 Å². The average Bonchev–Trinajstić information content (AvgIpc) is 2.91. The van der Waals surface area contributed by atoms with Crippen molar-refractivity contribution in [3.63, 3.8) is 0 Å². The summed E-state index contributed by atoms with van der Waals surface area (Å²) in [6, 6.07) is 0. The molecule has 1 aliphatic rings. The van der Waals surface area contributed by atoms with Gasteiger partial charge in [-0.15, -0.1) is 0 Å². The molecule has 1 rings (SSSR count). The standard InChI is InChI=1S/C20H38NP.C8H14.Ti/c1-18(2,3)14-22(15-19(4,5)6,16-20(7,8)9)21-17-12-10-11-13-17;1-5-6-7-8(2,3)4;/h10-12H,13-16H2,1-9H3;5-7H,1H2,2-4H3;. The zero-order valence-electron chi connectivity index (χ0n) is 22.9. The molecule has 0 aromatic rings. The van der Waals surface area contributed by atoms with Gasteiger partial charge < -0.3 is 0 Å². The molecule has 0 saturated heterocycles. The minimum Gasteiger partial charge on any atom is -0.272 e. The Labute approximate surface area is 211 Å². The van der Waals surface area contributed by atoms with Crippen LogP contribution in [0.2, 0.25) is 0 Å². The van der Waals surface area contributed by atoms with Crippen LogP contribution in [0.5, 0.6) is 0 Å². The van der Waals surface area contributed by atoms with Gasteiger partial charge in [0.15, 0.2) is 0 Å². The van der Waals surface area contributed by atoms with Gasteiger partial charge in [-0.05, 0) is 53.3 Å². The SMILES string of the molecule is C=CC=CC(C)(C)C.CC(C)(C)CP(CC(C)(C)C)(CC(C)(C)C)=NC1=CC=CC1.[Ti]. The van der Waals surface area contributed by atoms with Gasteiger partial charge in [0.1, 0.15) is 0 Å². The molecular weight excluding hydrogens is 429 g/mol. The quantitative estimate of drug-likeness (QED) is 0.210. The molecule has 0 heterocycles. The Morgan fingerprint density at radius 3 is 1.48 bits per heavy atom. The summed E-state index contributed by atoms with van der Waals surface area (Å²) in [6.07, 6.45) is 17.3. The van der Waals surface area contributed by atoms with Crippen LogP contribution in [0.4, 0.5) is 0 Å². The van der Waals surface area contributed by atoms with Crippen molar-refractivity contribution in [2.24, 2.45) is 26.4 Å². The number of hydrogen-bond acceptors (Lipinski definition) is 1. The molecule has 0 radical (unpaired) electrons. The summed E-state index contributed by atoms with van der Waals surface area (Å²) in [5.74, 6) is 0. The second-order valence-corrected chi connectivity index (χ2v) is 16.9. The van der Waals surface area contributed by atoms with Gasteiger partial charge in [0, 0.05) is 33.8 Å². The van der Waals surface area contributed by atoms with E-state index in [-0.39, 0.29) is 21.7 Å². The van der Waals surface area contributed by atoms with Crippen LogP contribution in [-0.2, 0) is 21.7 Å². The maximum absolute atomic E-state index is 5.47. The number of nitrogens with zero attached hydrogens (tertiary/aromatic N) is 1. The number of hydrogen-bond donors (Lipinski definition) is 0. The largest absolute Gasteiger partial charge is 0.272 e. The smallest absolute Gasteiger partial charge is 0.0425 e. The first-order chi connectivity index (χ1) is 13.3. The monoisotopic (exact) mass is 481 g/mol. The normalized spacial score (nSPS) is 15.2. The van der Waals surface area contributed by atoms with Crippen LogP contribution in [-0.4, -0.2) is 18.5 Å². The first-order valence-corrected chi connectivity index (χ1v) is 13.8. The molecule has 3 heteroatoms. The van der Waals surface area contributed by atoms with Gasteiger partial charge in [0.05, 0.1) is 0 Å². The molecule has 0 atom stereocenters. The molecule has 31 heavy (non-hydrogen) atoms. The second kappa shape index (κ2) is 13.0. The summed E-state index contributed by atoms with van der Waals surface area (Å²) in [6.45, 7) is 31.5. The predicted molar refractivity (Wildman–Crippen MR) is 143 cm³/mol. The Morgan fingerprint density at radius 1 is 0.839 bits per heavy atom. The van der Waals surface area contributed by atoms with Crippen molar-refractivity contribution in [1.29, 1.82) is 0 Å². The number of allylic oxidation sites excluding steroid dienone is 6. The van der Waals surface area contributed by atoms with Crippen LogP contribution in [0, 0.1) is 21.7 Å². The molecule has 0 spiro atoms. The molecule has 0 aromatic carbocycles. The van der Waals surface area contributed by atoms with E-state index < -0.39 is 7.05 Å². The third kappa shape index (κ3) is 19.1. The first-order valence-electron chi connectivity index (χ1n) is 11.5. The Hall–Kier alpha value is -0.0957. The van der Waals surface area contributed by atoms with Crippen molar-refractivity contribution in [3.8, 4) is 0 Å². The predicted octanol–water partition coefficient (Wildman–Crippen LogP) is 9.94. The Balaban J connectivity index is 0. The van der Waals surface area contributed by atoms with Crippen molar-refractivity contribution >= 4 is 7.05 Å². The minimum atomic E-state index is -1.39. The van der Waals surface area contributed by atoms with E-state index in [9.17, 15) is 0 Å². The van der Waals surface area contributed by atoms with E-state index in [4.69, 9.17) is 4.74 Å². The van der Waals surface area contributed by atoms with Gasteiger partial charge in [-0.1, -0.05) is 120 Å². The van der Waals surface area contributed by atoms with Crippen molar-refractivity contribution < 1.29 is 21.7 Å². The molecule has 0 unspecified atom stereocenters. The molecule has 0 amide bonds. The summed E-state index contributed by atoms with van der Waals surface area (Å²) < 4.78 is 5.47. The zero-order chi connectivity index (χ0) is 23.9. The Kier molecular flexibility index (Phi) is 13.8. The zero-order valence-corrected chi connectivity index (χ0v) is 25.4. The van der Waals surface area contributed by atoms with Gasteiger partial charge in [-0.3, -0.25) is 4.74 Å². The minimum absolute atomic E-state index is 0. The third-order valence-electron chi connectivity index (χ3n) is 4.13. The molecule has 1 aliphatic carbocycles. The van der Waals surface area contributed by atoms with Crippen molar-refractivity contribution in [3.05, 3.63) is 48.7 Å². The summed E-state index contributed by atoms with van der Waals surface area (Å²) >= 11 is 0. The second-order valence-electron chi connectivity index (χ2n) is 13.6. The van der Waals surface area contributed by atoms with Crippen molar-refractivity contribution in [1.82, 2.24) is 0 Å². The maximum Gasteiger partial charge on any atom is 0.0425 e. The molecule has 178 valence electrons. The molecule has 0 N–H and O–H groups in total. The summed E-state index contributed by atoms with van der Waals surface area (Å²) in [5, 5.41) is 0. The molecule has 0 saturated carbocycles. The van der Waals surface area contributed by atoms with Crippen LogP contribution >= 0.6 is 7.05 Å². The van der Waals surface area contributed by atoms with Crippen LogP contribution in [0.15, 0.2) is 53.5 Å². The molecular formula is C28H52NPTi. The summed E-state index contributed by atoms with van der Waals surface area (Å²) in [4.78, 5) is 0. The van der Waals surface area contributed by atoms with Crippen LogP contribution in [0.25, 0.3) is 0 Å². The van der Waals surface area contributed by atoms with E-state index in [1.807, 2.05) is 6.08 Å². The van der Waals surface area contributed by atoms with Crippen molar-refractivity contribution in [2.75, 3.05) is 18.5 Å². The third-order valence-corrected chi connectivity index (χ3v) is 9.42. The fourth-order valence-electron chi connectivity index (χ4n) is 4.06. The van der Waals surface area contributed by atoms with E-state index in [1.54, 1.807) is 6.08 Å². The molecule has 0 aliphatic heterocycles. The summed E-state index contributed by atoms with van der Waals surface area (Å²) in [5.41, 5.74) is 2.61. The summed E-state index contributed by atoms with van der Waals surface area (Å²) in [7, 11) is -1.39. The van der Waals surface area contributed by atoms with Gasteiger partial charge in [0.25, 0.3) is 0 Å². The van der Waals surface area contributed by atoms with Crippen LogP contribution in [0.3, 0.4) is 0 Å². The fraction of sp³-hybridized carbons (Fsp3) is 0.714. The van der Waals surface area contributed by atoms with Gasteiger partial charge in [-0.25, -0.2) is 0 Å². The maximum atomic E-state index is 5.47. The Bertz CT molecular complexity index is 633. The van der Waals surface area contributed by atoms with Crippen LogP contribution < -0.4 is 0 Å². The number of rotatable bonds is 5. The van der Waals surface area contributed by atoms with E-state index in [2.05, 4.69) is 114 Å². The molecule has 0 bridgehead atoms. The fourth-order valence-corrected chi connectivity index (χ4v) is 10.6. The molecule has 0 fully saturated rings. The van der Waals surface area contributed by atoms with Gasteiger partial charge in [0.2, 0.25) is 0 Å².